The molecule has 0 radical (unpaired) electrons. The molecule has 142 valence electrons. The number of carbonyl (C=O) groups excluding carboxylic acids is 1. The van der Waals surface area contributed by atoms with E-state index in [1.54, 1.807) is 42.5 Å². The summed E-state index contributed by atoms with van der Waals surface area (Å²) in [6.07, 6.45) is 0.201. The molecule has 3 aromatic rings. The van der Waals surface area contributed by atoms with E-state index in [2.05, 4.69) is 0 Å². The van der Waals surface area contributed by atoms with Crippen LogP contribution in [0.25, 0.3) is 11.1 Å². The molecule has 0 bridgehead atoms. The van der Waals surface area contributed by atoms with Crippen molar-refractivity contribution in [1.82, 2.24) is 4.57 Å². The van der Waals surface area contributed by atoms with Crippen molar-refractivity contribution in [2.45, 2.75) is 24.3 Å². The molecule has 0 fully saturated rings. The van der Waals surface area contributed by atoms with Gasteiger partial charge in [-0.05, 0) is 30.7 Å². The van der Waals surface area contributed by atoms with E-state index in [-0.39, 0.29) is 36.6 Å². The minimum atomic E-state index is -3.39. The van der Waals surface area contributed by atoms with Crippen LogP contribution in [0.2, 0.25) is 0 Å². The maximum atomic E-state index is 12.1. The zero-order chi connectivity index (χ0) is 19.3. The van der Waals surface area contributed by atoms with Gasteiger partial charge in [0.2, 0.25) is 0 Å². The number of sulfone groups is 1. The van der Waals surface area contributed by atoms with Crippen molar-refractivity contribution in [3.8, 4) is 0 Å². The quantitative estimate of drug-likeness (QED) is 0.434. The van der Waals surface area contributed by atoms with Crippen LogP contribution < -0.4 is 5.76 Å². The lowest BCUT2D eigenvalue weighted by atomic mass is 10.3. The van der Waals surface area contributed by atoms with E-state index >= 15 is 0 Å². The Hall–Kier alpha value is -2.87. The Labute approximate surface area is 156 Å². The molecule has 7 nitrogen and oxygen atoms in total. The number of oxazole rings is 1. The molecule has 0 amide bonds. The van der Waals surface area contributed by atoms with E-state index in [1.165, 1.54) is 16.7 Å². The van der Waals surface area contributed by atoms with Crippen molar-refractivity contribution in [1.29, 1.82) is 0 Å². The van der Waals surface area contributed by atoms with Crippen LogP contribution in [0.3, 0.4) is 0 Å². The number of benzene rings is 2. The summed E-state index contributed by atoms with van der Waals surface area (Å²) in [6.45, 7) is 0.142. The summed E-state index contributed by atoms with van der Waals surface area (Å²) in [5.41, 5.74) is 1.08. The van der Waals surface area contributed by atoms with Crippen LogP contribution in [0.4, 0.5) is 0 Å². The summed E-state index contributed by atoms with van der Waals surface area (Å²) in [5, 5.41) is 0. The Morgan fingerprint density at radius 2 is 1.74 bits per heavy atom. The van der Waals surface area contributed by atoms with E-state index in [0.717, 1.165) is 0 Å². The fourth-order valence-corrected chi connectivity index (χ4v) is 3.99. The van der Waals surface area contributed by atoms with Gasteiger partial charge in [0.25, 0.3) is 0 Å². The number of hydrogen-bond donors (Lipinski definition) is 0. The van der Waals surface area contributed by atoms with Crippen LogP contribution >= 0.6 is 0 Å². The predicted molar refractivity (Wildman–Crippen MR) is 99.2 cm³/mol. The molecule has 0 aliphatic rings. The molecular formula is C19H19NO6S. The molecule has 0 aliphatic heterocycles. The van der Waals surface area contributed by atoms with Gasteiger partial charge in [-0.3, -0.25) is 9.36 Å². The van der Waals surface area contributed by atoms with Crippen LogP contribution in [0.15, 0.2) is 68.7 Å². The molecule has 1 heterocycles. The van der Waals surface area contributed by atoms with E-state index in [4.69, 9.17) is 9.15 Å². The highest BCUT2D eigenvalue weighted by Crippen LogP contribution is 2.13. The van der Waals surface area contributed by atoms with Gasteiger partial charge in [0.15, 0.2) is 15.4 Å². The monoisotopic (exact) mass is 389 g/mol. The molecule has 8 heteroatoms. The Bertz CT molecular complexity index is 1080. The minimum absolute atomic E-state index is 0.00509. The number of nitrogens with zero attached hydrogens (tertiary/aromatic N) is 1. The number of hydrogen-bond acceptors (Lipinski definition) is 6. The number of ether oxygens (including phenoxy) is 1. The molecule has 0 saturated carbocycles. The summed E-state index contributed by atoms with van der Waals surface area (Å²) < 4.78 is 35.8. The molecule has 0 atom stereocenters. The summed E-state index contributed by atoms with van der Waals surface area (Å²) in [6, 6.07) is 15.1. The lowest BCUT2D eigenvalue weighted by Gasteiger charge is -2.06. The van der Waals surface area contributed by atoms with E-state index in [1.807, 2.05) is 0 Å². The van der Waals surface area contributed by atoms with Crippen molar-refractivity contribution < 1.29 is 22.4 Å². The SMILES string of the molecule is O=C(CCn1c(=O)oc2ccccc21)OCCCS(=O)(=O)c1ccccc1. The maximum Gasteiger partial charge on any atom is 0.419 e. The second-order valence-corrected chi connectivity index (χ2v) is 8.05. The second-order valence-electron chi connectivity index (χ2n) is 5.94. The van der Waals surface area contributed by atoms with E-state index in [0.29, 0.717) is 11.1 Å². The smallest absolute Gasteiger partial charge is 0.419 e. The van der Waals surface area contributed by atoms with Crippen molar-refractivity contribution in [3.63, 3.8) is 0 Å². The molecule has 0 aliphatic carbocycles. The van der Waals surface area contributed by atoms with Gasteiger partial charge < -0.3 is 9.15 Å². The van der Waals surface area contributed by atoms with Gasteiger partial charge in [-0.1, -0.05) is 30.3 Å². The lowest BCUT2D eigenvalue weighted by Crippen LogP contribution is -2.18. The van der Waals surface area contributed by atoms with Gasteiger partial charge >= 0.3 is 11.7 Å². The average molecular weight is 389 g/mol. The van der Waals surface area contributed by atoms with E-state index < -0.39 is 21.6 Å². The predicted octanol–water partition coefficient (Wildman–Crippen LogP) is 2.39. The summed E-state index contributed by atoms with van der Waals surface area (Å²) in [5.74, 6) is -1.13. The fraction of sp³-hybridized carbons (Fsp3) is 0.263. The van der Waals surface area contributed by atoms with Crippen molar-refractivity contribution in [2.24, 2.45) is 0 Å². The number of para-hydroxylation sites is 2. The van der Waals surface area contributed by atoms with Gasteiger partial charge in [-0.25, -0.2) is 13.2 Å². The zero-order valence-corrected chi connectivity index (χ0v) is 15.4. The Balaban J connectivity index is 1.46. The Morgan fingerprint density at radius 3 is 2.52 bits per heavy atom. The third-order valence-electron chi connectivity index (χ3n) is 4.04. The molecule has 1 aromatic heterocycles. The number of fused-ring (bicyclic) bond motifs is 1. The Kier molecular flexibility index (Phi) is 5.75. The number of rotatable bonds is 8. The molecule has 0 unspecified atom stereocenters. The van der Waals surface area contributed by atoms with E-state index in [9.17, 15) is 18.0 Å². The highest BCUT2D eigenvalue weighted by Gasteiger charge is 2.14. The lowest BCUT2D eigenvalue weighted by molar-refractivity contribution is -0.143. The first-order valence-corrected chi connectivity index (χ1v) is 10.1. The first kappa shape index (κ1) is 18.9. The first-order chi connectivity index (χ1) is 13.0. The van der Waals surface area contributed by atoms with Crippen LogP contribution in [0.1, 0.15) is 12.8 Å². The third kappa shape index (κ3) is 4.65. The van der Waals surface area contributed by atoms with Crippen LogP contribution in [0.5, 0.6) is 0 Å². The summed E-state index contributed by atoms with van der Waals surface area (Å²) >= 11 is 0. The molecular weight excluding hydrogens is 370 g/mol. The minimum Gasteiger partial charge on any atom is -0.466 e. The average Bonchev–Trinajstić information content (AvgIpc) is 2.99. The van der Waals surface area contributed by atoms with Gasteiger partial charge in [0, 0.05) is 6.54 Å². The normalized spacial score (nSPS) is 11.6. The summed E-state index contributed by atoms with van der Waals surface area (Å²) in [7, 11) is -3.39. The van der Waals surface area contributed by atoms with Gasteiger partial charge in [0.1, 0.15) is 0 Å². The fourth-order valence-electron chi connectivity index (χ4n) is 2.68. The number of aromatic nitrogens is 1. The molecule has 27 heavy (non-hydrogen) atoms. The highest BCUT2D eigenvalue weighted by molar-refractivity contribution is 7.91. The Morgan fingerprint density at radius 1 is 1.04 bits per heavy atom. The topological polar surface area (TPSA) is 95.6 Å². The molecule has 3 rings (SSSR count). The van der Waals surface area contributed by atoms with Crippen molar-refractivity contribution in [3.05, 3.63) is 65.1 Å². The molecule has 0 spiro atoms. The van der Waals surface area contributed by atoms with Gasteiger partial charge in [-0.15, -0.1) is 0 Å². The van der Waals surface area contributed by atoms with Crippen LogP contribution in [-0.2, 0) is 25.9 Å². The zero-order valence-electron chi connectivity index (χ0n) is 14.5. The molecule has 2 aromatic carbocycles. The largest absolute Gasteiger partial charge is 0.466 e. The van der Waals surface area contributed by atoms with Crippen LogP contribution in [0, 0.1) is 0 Å². The highest BCUT2D eigenvalue weighted by atomic mass is 32.2. The standard InChI is InChI=1S/C19H19NO6S/c21-18(11-12-20-16-9-4-5-10-17(16)26-19(20)22)25-13-6-14-27(23,24)15-7-2-1-3-8-15/h1-5,7-10H,6,11-14H2. The second kappa shape index (κ2) is 8.22. The summed E-state index contributed by atoms with van der Waals surface area (Å²) in [4.78, 5) is 23.9. The first-order valence-electron chi connectivity index (χ1n) is 8.49. The number of carbonyl (C=O) groups is 1. The number of esters is 1. The number of aryl methyl sites for hydroxylation is 1. The van der Waals surface area contributed by atoms with Gasteiger partial charge in [-0.2, -0.15) is 0 Å². The van der Waals surface area contributed by atoms with Crippen molar-refractivity contribution in [2.75, 3.05) is 12.4 Å². The molecule has 0 saturated heterocycles. The maximum absolute atomic E-state index is 12.1. The third-order valence-corrected chi connectivity index (χ3v) is 5.85. The van der Waals surface area contributed by atoms with Crippen LogP contribution in [-0.4, -0.2) is 31.3 Å². The molecule has 0 N–H and O–H groups in total. The van der Waals surface area contributed by atoms with Crippen molar-refractivity contribution >= 4 is 26.9 Å². The van der Waals surface area contributed by atoms with Gasteiger partial charge in [0.05, 0.1) is 29.2 Å².